The summed E-state index contributed by atoms with van der Waals surface area (Å²) in [5.74, 6) is 0.601. The molecule has 6 nitrogen and oxygen atoms in total. The molecule has 0 fully saturated rings. The molecule has 1 aromatic carbocycles. The van der Waals surface area contributed by atoms with Gasteiger partial charge in [0, 0.05) is 12.4 Å². The topological polar surface area (TPSA) is 62.1 Å². The molecule has 0 aliphatic carbocycles. The van der Waals surface area contributed by atoms with E-state index in [1.54, 1.807) is 25.3 Å². The third-order valence-electron chi connectivity index (χ3n) is 3.62. The molecule has 0 unspecified atom stereocenters. The van der Waals surface area contributed by atoms with E-state index in [9.17, 15) is 4.79 Å². The summed E-state index contributed by atoms with van der Waals surface area (Å²) in [5, 5.41) is 0. The third-order valence-corrected chi connectivity index (χ3v) is 3.62. The highest BCUT2D eigenvalue weighted by atomic mass is 16.5. The Kier molecular flexibility index (Phi) is 4.37. The Balaban J connectivity index is 1.72. The van der Waals surface area contributed by atoms with Crippen LogP contribution < -0.4 is 9.47 Å². The number of hydrogen-bond donors (Lipinski definition) is 0. The second kappa shape index (κ2) is 6.62. The number of methoxy groups -OCH3 is 2. The number of ether oxygens (including phenoxy) is 3. The third kappa shape index (κ3) is 3.17. The molecular weight excluding hydrogens is 308 g/mol. The van der Waals surface area contributed by atoms with E-state index in [0.29, 0.717) is 22.8 Å². The molecule has 24 heavy (non-hydrogen) atoms. The maximum absolute atomic E-state index is 12.2. The van der Waals surface area contributed by atoms with E-state index in [4.69, 9.17) is 14.2 Å². The molecule has 0 bridgehead atoms. The average Bonchev–Trinajstić information content (AvgIpc) is 3.00. The van der Waals surface area contributed by atoms with Crippen molar-refractivity contribution in [2.45, 2.75) is 13.5 Å². The molecule has 0 amide bonds. The highest BCUT2D eigenvalue weighted by molar-refractivity contribution is 5.90. The van der Waals surface area contributed by atoms with Crippen molar-refractivity contribution >= 4 is 11.6 Å². The second-order valence-corrected chi connectivity index (χ2v) is 5.35. The predicted molar refractivity (Wildman–Crippen MR) is 88.6 cm³/mol. The first-order valence-electron chi connectivity index (χ1n) is 7.44. The molecular formula is C18H18N2O4. The van der Waals surface area contributed by atoms with Gasteiger partial charge < -0.3 is 18.6 Å². The van der Waals surface area contributed by atoms with E-state index >= 15 is 0 Å². The van der Waals surface area contributed by atoms with Gasteiger partial charge in [-0.3, -0.25) is 0 Å². The Morgan fingerprint density at radius 3 is 2.62 bits per heavy atom. The molecule has 0 N–H and O–H groups in total. The molecule has 0 radical (unpaired) electrons. The molecule has 124 valence electrons. The summed E-state index contributed by atoms with van der Waals surface area (Å²) in [4.78, 5) is 16.6. The van der Waals surface area contributed by atoms with Gasteiger partial charge in [0.25, 0.3) is 0 Å². The Bertz CT molecular complexity index is 886. The second-order valence-electron chi connectivity index (χ2n) is 5.35. The minimum atomic E-state index is -0.441. The van der Waals surface area contributed by atoms with Crippen molar-refractivity contribution < 1.29 is 19.0 Å². The fourth-order valence-corrected chi connectivity index (χ4v) is 2.41. The zero-order valence-electron chi connectivity index (χ0n) is 13.8. The van der Waals surface area contributed by atoms with Gasteiger partial charge in [-0.25, -0.2) is 9.78 Å². The van der Waals surface area contributed by atoms with E-state index < -0.39 is 5.97 Å². The van der Waals surface area contributed by atoms with Crippen LogP contribution in [-0.2, 0) is 11.3 Å². The van der Waals surface area contributed by atoms with E-state index in [2.05, 4.69) is 4.98 Å². The van der Waals surface area contributed by atoms with Crippen molar-refractivity contribution in [2.75, 3.05) is 14.2 Å². The minimum Gasteiger partial charge on any atom is -0.493 e. The quantitative estimate of drug-likeness (QED) is 0.675. The average molecular weight is 326 g/mol. The van der Waals surface area contributed by atoms with Crippen LogP contribution in [0.1, 0.15) is 21.6 Å². The van der Waals surface area contributed by atoms with E-state index in [-0.39, 0.29) is 6.61 Å². The molecule has 0 saturated heterocycles. The van der Waals surface area contributed by atoms with Crippen LogP contribution >= 0.6 is 0 Å². The Morgan fingerprint density at radius 1 is 1.08 bits per heavy atom. The summed E-state index contributed by atoms with van der Waals surface area (Å²) in [6.45, 7) is 2.12. The van der Waals surface area contributed by atoms with Gasteiger partial charge in [0.05, 0.1) is 25.5 Å². The lowest BCUT2D eigenvalue weighted by Gasteiger charge is -2.09. The maximum Gasteiger partial charge on any atom is 0.338 e. The van der Waals surface area contributed by atoms with Crippen LogP contribution in [0, 0.1) is 6.92 Å². The van der Waals surface area contributed by atoms with Crippen molar-refractivity contribution in [3.05, 3.63) is 59.5 Å². The van der Waals surface area contributed by atoms with Gasteiger partial charge in [-0.2, -0.15) is 0 Å². The Morgan fingerprint density at radius 2 is 1.88 bits per heavy atom. The minimum absolute atomic E-state index is 0.105. The van der Waals surface area contributed by atoms with Crippen molar-refractivity contribution in [1.29, 1.82) is 0 Å². The molecule has 3 rings (SSSR count). The first-order valence-corrected chi connectivity index (χ1v) is 7.44. The summed E-state index contributed by atoms with van der Waals surface area (Å²) in [5.41, 5.74) is 3.04. The SMILES string of the molecule is COc1ccc(C(=O)OCc2cn3cc(C)ccc3n2)cc1OC. The molecule has 0 spiro atoms. The normalized spacial score (nSPS) is 10.6. The van der Waals surface area contributed by atoms with Crippen LogP contribution in [0.5, 0.6) is 11.5 Å². The van der Waals surface area contributed by atoms with Gasteiger partial charge in [-0.1, -0.05) is 6.07 Å². The Labute approximate surface area is 139 Å². The number of imidazole rings is 1. The van der Waals surface area contributed by atoms with Crippen molar-refractivity contribution in [2.24, 2.45) is 0 Å². The monoisotopic (exact) mass is 326 g/mol. The van der Waals surface area contributed by atoms with Crippen LogP contribution in [0.25, 0.3) is 5.65 Å². The van der Waals surface area contributed by atoms with Gasteiger partial charge >= 0.3 is 5.97 Å². The number of carbonyl (C=O) groups excluding carboxylic acids is 1. The highest BCUT2D eigenvalue weighted by Gasteiger charge is 2.13. The number of hydrogen-bond acceptors (Lipinski definition) is 5. The Hall–Kier alpha value is -3.02. The molecule has 0 saturated carbocycles. The lowest BCUT2D eigenvalue weighted by atomic mass is 10.2. The van der Waals surface area contributed by atoms with Crippen LogP contribution in [-0.4, -0.2) is 29.6 Å². The van der Waals surface area contributed by atoms with Crippen LogP contribution in [0.4, 0.5) is 0 Å². The van der Waals surface area contributed by atoms with Gasteiger partial charge in [0.1, 0.15) is 12.3 Å². The first-order chi connectivity index (χ1) is 11.6. The standard InChI is InChI=1S/C18H18N2O4/c1-12-4-7-17-19-14(10-20(17)9-12)11-24-18(21)13-5-6-15(22-2)16(8-13)23-3/h4-10H,11H2,1-3H3. The molecule has 0 aliphatic heterocycles. The lowest BCUT2D eigenvalue weighted by Crippen LogP contribution is -2.06. The van der Waals surface area contributed by atoms with Gasteiger partial charge in [0.2, 0.25) is 0 Å². The maximum atomic E-state index is 12.2. The number of aromatic nitrogens is 2. The first kappa shape index (κ1) is 15.9. The van der Waals surface area contributed by atoms with Crippen LogP contribution in [0.2, 0.25) is 0 Å². The smallest absolute Gasteiger partial charge is 0.338 e. The lowest BCUT2D eigenvalue weighted by molar-refractivity contribution is 0.0468. The molecule has 0 aliphatic rings. The zero-order valence-corrected chi connectivity index (χ0v) is 13.8. The van der Waals surface area contributed by atoms with Crippen LogP contribution in [0.3, 0.4) is 0 Å². The summed E-state index contributed by atoms with van der Waals surface area (Å²) in [6.07, 6.45) is 3.83. The van der Waals surface area contributed by atoms with Gasteiger partial charge in [-0.05, 0) is 36.8 Å². The summed E-state index contributed by atoms with van der Waals surface area (Å²) < 4.78 is 17.6. The summed E-state index contributed by atoms with van der Waals surface area (Å²) >= 11 is 0. The number of pyridine rings is 1. The molecule has 2 aromatic heterocycles. The number of fused-ring (bicyclic) bond motifs is 1. The molecule has 2 heterocycles. The molecule has 3 aromatic rings. The number of aryl methyl sites for hydroxylation is 1. The zero-order chi connectivity index (χ0) is 17.1. The summed E-state index contributed by atoms with van der Waals surface area (Å²) in [6, 6.07) is 8.81. The highest BCUT2D eigenvalue weighted by Crippen LogP contribution is 2.27. The van der Waals surface area contributed by atoms with E-state index in [1.807, 2.05) is 35.9 Å². The number of esters is 1. The largest absolute Gasteiger partial charge is 0.493 e. The van der Waals surface area contributed by atoms with Crippen LogP contribution in [0.15, 0.2) is 42.7 Å². The van der Waals surface area contributed by atoms with Gasteiger partial charge in [0.15, 0.2) is 11.5 Å². The predicted octanol–water partition coefficient (Wildman–Crippen LogP) is 3.02. The summed E-state index contributed by atoms with van der Waals surface area (Å²) in [7, 11) is 3.06. The number of benzene rings is 1. The van der Waals surface area contributed by atoms with Gasteiger partial charge in [-0.15, -0.1) is 0 Å². The van der Waals surface area contributed by atoms with Crippen molar-refractivity contribution in [1.82, 2.24) is 9.38 Å². The number of carbonyl (C=O) groups is 1. The van der Waals surface area contributed by atoms with E-state index in [1.165, 1.54) is 7.11 Å². The fraction of sp³-hybridized carbons (Fsp3) is 0.222. The molecule has 6 heteroatoms. The van der Waals surface area contributed by atoms with E-state index in [0.717, 1.165) is 11.2 Å². The number of rotatable bonds is 5. The fourth-order valence-electron chi connectivity index (χ4n) is 2.41. The molecule has 0 atom stereocenters. The van der Waals surface area contributed by atoms with Crippen molar-refractivity contribution in [3.8, 4) is 11.5 Å². The number of nitrogens with zero attached hydrogens (tertiary/aromatic N) is 2. The van der Waals surface area contributed by atoms with Crippen molar-refractivity contribution in [3.63, 3.8) is 0 Å².